The number of halogens is 2. The summed E-state index contributed by atoms with van der Waals surface area (Å²) in [5.41, 5.74) is -1.83. The van der Waals surface area contributed by atoms with E-state index in [0.29, 0.717) is 12.0 Å². The largest absolute Gasteiger partial charge is 0.372 e. The van der Waals surface area contributed by atoms with E-state index in [9.17, 15) is 27.5 Å². The first-order valence-electron chi connectivity index (χ1n) is 8.72. The van der Waals surface area contributed by atoms with Crippen molar-refractivity contribution in [3.8, 4) is 0 Å². The van der Waals surface area contributed by atoms with Gasteiger partial charge in [0.15, 0.2) is 0 Å². The van der Waals surface area contributed by atoms with Crippen LogP contribution in [0.5, 0.6) is 0 Å². The van der Waals surface area contributed by atoms with Crippen LogP contribution in [0.2, 0.25) is 5.02 Å². The smallest absolute Gasteiger partial charge is 0.264 e. The van der Waals surface area contributed by atoms with Crippen LogP contribution in [0.3, 0.4) is 0 Å². The van der Waals surface area contributed by atoms with Gasteiger partial charge in [-0.2, -0.15) is 0 Å². The molecule has 0 aliphatic carbocycles. The van der Waals surface area contributed by atoms with Gasteiger partial charge < -0.3 is 15.3 Å². The third-order valence-electron chi connectivity index (χ3n) is 5.12. The lowest BCUT2D eigenvalue weighted by Gasteiger charge is -2.26. The van der Waals surface area contributed by atoms with Gasteiger partial charge in [0.1, 0.15) is 5.82 Å². The second kappa shape index (κ2) is 7.58. The summed E-state index contributed by atoms with van der Waals surface area (Å²) in [6.45, 7) is 0.482. The van der Waals surface area contributed by atoms with Crippen molar-refractivity contribution < 1.29 is 27.5 Å². The molecule has 2 N–H and O–H groups in total. The minimum absolute atomic E-state index is 0.100. The molecule has 0 bridgehead atoms. The summed E-state index contributed by atoms with van der Waals surface area (Å²) in [5.74, 6) is -2.18. The number of hydrogen-bond donors (Lipinski definition) is 2. The molecular weight excluding hydrogens is 413 g/mol. The zero-order valence-electron chi connectivity index (χ0n) is 15.2. The molecule has 2 aliphatic heterocycles. The fraction of sp³-hybridized carbons (Fsp3) is 0.529. The van der Waals surface area contributed by atoms with Gasteiger partial charge in [-0.3, -0.25) is 9.59 Å². The highest BCUT2D eigenvalue weighted by Crippen LogP contribution is 2.29. The summed E-state index contributed by atoms with van der Waals surface area (Å²) in [6.07, 6.45) is 1.44. The van der Waals surface area contributed by atoms with E-state index in [1.54, 1.807) is 0 Å². The lowest BCUT2D eigenvalue weighted by atomic mass is 10.0. The Labute approximate surface area is 167 Å². The summed E-state index contributed by atoms with van der Waals surface area (Å²) in [6, 6.07) is 3.40. The van der Waals surface area contributed by atoms with Crippen LogP contribution in [-0.4, -0.2) is 72.1 Å². The van der Waals surface area contributed by atoms with Crippen molar-refractivity contribution in [3.63, 3.8) is 0 Å². The maximum absolute atomic E-state index is 13.4. The van der Waals surface area contributed by atoms with Crippen LogP contribution >= 0.6 is 11.6 Å². The minimum Gasteiger partial charge on any atom is -0.372 e. The molecule has 2 amide bonds. The zero-order chi connectivity index (χ0) is 20.7. The lowest BCUT2D eigenvalue weighted by Crippen LogP contribution is -2.53. The van der Waals surface area contributed by atoms with Crippen molar-refractivity contribution in [1.29, 1.82) is 0 Å². The zero-order valence-corrected chi connectivity index (χ0v) is 16.8. The standard InChI is InChI=1S/C17H21ClFN3O5S/c1-28(26,27)21-4-2-14(10-21)22-5-3-17(25,16(22)24)15(23)20-9-11-6-12(18)8-13(19)7-11/h6-8,14,25H,2-5,9-10H2,1H3,(H,20,23)/t14?,17-/m1/s1. The molecular formula is C17H21ClFN3O5S. The van der Waals surface area contributed by atoms with Gasteiger partial charge >= 0.3 is 0 Å². The third-order valence-corrected chi connectivity index (χ3v) is 6.60. The van der Waals surface area contributed by atoms with Crippen LogP contribution in [0.4, 0.5) is 4.39 Å². The van der Waals surface area contributed by atoms with E-state index < -0.39 is 33.3 Å². The van der Waals surface area contributed by atoms with Gasteiger partial charge in [0.25, 0.3) is 11.8 Å². The number of hydrogen-bond acceptors (Lipinski definition) is 5. The number of likely N-dealkylation sites (tertiary alicyclic amines) is 1. The molecule has 2 heterocycles. The van der Waals surface area contributed by atoms with Crippen molar-refractivity contribution in [2.45, 2.75) is 31.0 Å². The Morgan fingerprint density at radius 1 is 1.39 bits per heavy atom. The van der Waals surface area contributed by atoms with Crippen molar-refractivity contribution in [3.05, 3.63) is 34.6 Å². The molecule has 0 radical (unpaired) electrons. The summed E-state index contributed by atoms with van der Waals surface area (Å²) < 4.78 is 38.0. The van der Waals surface area contributed by atoms with E-state index in [1.165, 1.54) is 21.3 Å². The van der Waals surface area contributed by atoms with E-state index in [1.807, 2.05) is 0 Å². The summed E-state index contributed by atoms with van der Waals surface area (Å²) in [5, 5.41) is 13.2. The summed E-state index contributed by atoms with van der Waals surface area (Å²) >= 11 is 5.77. The normalized spacial score (nSPS) is 26.1. The number of aliphatic hydroxyl groups is 1. The molecule has 11 heteroatoms. The predicted molar refractivity (Wildman–Crippen MR) is 99.4 cm³/mol. The van der Waals surface area contributed by atoms with Crippen molar-refractivity contribution >= 4 is 33.4 Å². The number of carbonyl (C=O) groups excluding carboxylic acids is 2. The quantitative estimate of drug-likeness (QED) is 0.640. The number of nitrogens with zero attached hydrogens (tertiary/aromatic N) is 2. The SMILES string of the molecule is CS(=O)(=O)N1CCC(N2CC[C@@](O)(C(=O)NCc3cc(F)cc(Cl)c3)C2=O)C1. The topological polar surface area (TPSA) is 107 Å². The van der Waals surface area contributed by atoms with Gasteiger partial charge in [-0.15, -0.1) is 0 Å². The van der Waals surface area contributed by atoms with Crippen LogP contribution in [0.15, 0.2) is 18.2 Å². The molecule has 0 saturated carbocycles. The van der Waals surface area contributed by atoms with E-state index in [-0.39, 0.29) is 43.7 Å². The molecule has 2 saturated heterocycles. The lowest BCUT2D eigenvalue weighted by molar-refractivity contribution is -0.155. The Balaban J connectivity index is 1.64. The Kier molecular flexibility index (Phi) is 5.68. The van der Waals surface area contributed by atoms with Gasteiger partial charge in [-0.1, -0.05) is 11.6 Å². The molecule has 3 rings (SSSR count). The van der Waals surface area contributed by atoms with E-state index in [2.05, 4.69) is 5.32 Å². The molecule has 154 valence electrons. The van der Waals surface area contributed by atoms with Gasteiger partial charge in [-0.25, -0.2) is 17.1 Å². The van der Waals surface area contributed by atoms with Gasteiger partial charge in [0, 0.05) is 43.7 Å². The third kappa shape index (κ3) is 4.14. The van der Waals surface area contributed by atoms with Gasteiger partial charge in [-0.05, 0) is 30.2 Å². The molecule has 1 unspecified atom stereocenters. The van der Waals surface area contributed by atoms with Crippen molar-refractivity contribution in [2.75, 3.05) is 25.9 Å². The number of sulfonamides is 1. The maximum Gasteiger partial charge on any atom is 0.264 e. The van der Waals surface area contributed by atoms with Crippen molar-refractivity contribution in [1.82, 2.24) is 14.5 Å². The number of nitrogens with one attached hydrogen (secondary N) is 1. The van der Waals surface area contributed by atoms with Crippen LogP contribution < -0.4 is 5.32 Å². The van der Waals surface area contributed by atoms with Crippen LogP contribution in [-0.2, 0) is 26.2 Å². The Morgan fingerprint density at radius 3 is 2.71 bits per heavy atom. The van der Waals surface area contributed by atoms with Crippen LogP contribution in [0.25, 0.3) is 0 Å². The first-order valence-corrected chi connectivity index (χ1v) is 10.9. The summed E-state index contributed by atoms with van der Waals surface area (Å²) in [4.78, 5) is 26.5. The molecule has 2 fully saturated rings. The monoisotopic (exact) mass is 433 g/mol. The van der Waals surface area contributed by atoms with E-state index in [4.69, 9.17) is 11.6 Å². The molecule has 0 aromatic heterocycles. The number of benzene rings is 1. The predicted octanol–water partition coefficient (Wildman–Crippen LogP) is 0.0926. The molecule has 2 aliphatic rings. The maximum atomic E-state index is 13.4. The van der Waals surface area contributed by atoms with Crippen LogP contribution in [0.1, 0.15) is 18.4 Å². The first kappa shape index (κ1) is 21.0. The van der Waals surface area contributed by atoms with Crippen LogP contribution in [0, 0.1) is 5.82 Å². The average Bonchev–Trinajstić information content (AvgIpc) is 3.18. The number of amides is 2. The minimum atomic E-state index is -3.36. The number of carbonyl (C=O) groups is 2. The average molecular weight is 434 g/mol. The molecule has 28 heavy (non-hydrogen) atoms. The highest BCUT2D eigenvalue weighted by atomic mass is 35.5. The highest BCUT2D eigenvalue weighted by Gasteiger charge is 2.53. The second-order valence-corrected chi connectivity index (χ2v) is 9.55. The number of rotatable bonds is 5. The fourth-order valence-corrected chi connectivity index (χ4v) is 4.72. The second-order valence-electron chi connectivity index (χ2n) is 7.13. The Hall–Kier alpha value is -1.75. The van der Waals surface area contributed by atoms with Crippen molar-refractivity contribution in [2.24, 2.45) is 0 Å². The van der Waals surface area contributed by atoms with Gasteiger partial charge in [0.05, 0.1) is 6.26 Å². The van der Waals surface area contributed by atoms with E-state index in [0.717, 1.165) is 12.3 Å². The highest BCUT2D eigenvalue weighted by molar-refractivity contribution is 7.88. The molecule has 2 atom stereocenters. The Morgan fingerprint density at radius 2 is 2.11 bits per heavy atom. The molecule has 1 aromatic carbocycles. The fourth-order valence-electron chi connectivity index (χ4n) is 3.60. The molecule has 0 spiro atoms. The Bertz CT molecular complexity index is 892. The van der Waals surface area contributed by atoms with E-state index >= 15 is 0 Å². The van der Waals surface area contributed by atoms with Gasteiger partial charge in [0.2, 0.25) is 15.6 Å². The molecule has 1 aromatic rings. The first-order chi connectivity index (χ1) is 13.0. The molecule has 8 nitrogen and oxygen atoms in total. The summed E-state index contributed by atoms with van der Waals surface area (Å²) in [7, 11) is -3.36.